The fourth-order valence-electron chi connectivity index (χ4n) is 1.56. The van der Waals surface area contributed by atoms with Crippen LogP contribution in [-0.2, 0) is 9.53 Å². The summed E-state index contributed by atoms with van der Waals surface area (Å²) in [4.78, 5) is 25.0. The van der Waals surface area contributed by atoms with Gasteiger partial charge in [-0.1, -0.05) is 11.6 Å². The Balaban J connectivity index is 2.86. The van der Waals surface area contributed by atoms with Crippen LogP contribution in [0.25, 0.3) is 0 Å². The molecule has 0 heterocycles. The standard InChI is InChI=1S/C13H17ClN2O3/c1-3-16(8-12(17)19-4-2)13(18)10-6-5-9(15)7-11(10)14/h5-7H,3-4,8,15H2,1-2H3. The number of likely N-dealkylation sites (N-methyl/N-ethyl adjacent to an activating group) is 1. The average molecular weight is 285 g/mol. The van der Waals surface area contributed by atoms with Crippen molar-refractivity contribution in [2.24, 2.45) is 0 Å². The van der Waals surface area contributed by atoms with Crippen LogP contribution in [0.15, 0.2) is 18.2 Å². The molecular weight excluding hydrogens is 268 g/mol. The van der Waals surface area contributed by atoms with E-state index in [0.717, 1.165) is 0 Å². The van der Waals surface area contributed by atoms with Crippen LogP contribution in [0.4, 0.5) is 5.69 Å². The summed E-state index contributed by atoms with van der Waals surface area (Å²) in [5.74, 6) is -0.759. The summed E-state index contributed by atoms with van der Waals surface area (Å²) < 4.78 is 4.82. The average Bonchev–Trinajstić information content (AvgIpc) is 2.35. The second kappa shape index (κ2) is 6.99. The highest BCUT2D eigenvalue weighted by Crippen LogP contribution is 2.20. The number of amides is 1. The highest BCUT2D eigenvalue weighted by Gasteiger charge is 2.20. The highest BCUT2D eigenvalue weighted by atomic mass is 35.5. The van der Waals surface area contributed by atoms with Crippen molar-refractivity contribution >= 4 is 29.2 Å². The predicted molar refractivity (Wildman–Crippen MR) is 74.1 cm³/mol. The summed E-state index contributed by atoms with van der Waals surface area (Å²) in [6.45, 7) is 4.07. The quantitative estimate of drug-likeness (QED) is 0.662. The molecule has 0 spiro atoms. The first-order valence-electron chi connectivity index (χ1n) is 5.99. The first-order chi connectivity index (χ1) is 8.99. The van der Waals surface area contributed by atoms with Crippen LogP contribution in [0.3, 0.4) is 0 Å². The largest absolute Gasteiger partial charge is 0.465 e. The fraction of sp³-hybridized carbons (Fsp3) is 0.385. The van der Waals surface area contributed by atoms with Gasteiger partial charge in [0.25, 0.3) is 5.91 Å². The molecule has 0 aromatic heterocycles. The van der Waals surface area contributed by atoms with Gasteiger partial charge in [-0.05, 0) is 32.0 Å². The van der Waals surface area contributed by atoms with Crippen molar-refractivity contribution in [3.63, 3.8) is 0 Å². The third-order valence-corrected chi connectivity index (χ3v) is 2.83. The SMILES string of the molecule is CCOC(=O)CN(CC)C(=O)c1ccc(N)cc1Cl. The Hall–Kier alpha value is -1.75. The molecule has 0 saturated heterocycles. The maximum Gasteiger partial charge on any atom is 0.325 e. The van der Waals surface area contributed by atoms with Crippen LogP contribution < -0.4 is 5.73 Å². The van der Waals surface area contributed by atoms with E-state index in [1.54, 1.807) is 26.0 Å². The smallest absolute Gasteiger partial charge is 0.325 e. The molecule has 0 aliphatic heterocycles. The molecule has 5 nitrogen and oxygen atoms in total. The van der Waals surface area contributed by atoms with Crippen LogP contribution in [0, 0.1) is 0 Å². The Morgan fingerprint density at radius 3 is 2.58 bits per heavy atom. The van der Waals surface area contributed by atoms with Gasteiger partial charge in [0.05, 0.1) is 17.2 Å². The fourth-order valence-corrected chi connectivity index (χ4v) is 1.83. The number of halogens is 1. The van der Waals surface area contributed by atoms with Gasteiger partial charge in [0.1, 0.15) is 6.54 Å². The van der Waals surface area contributed by atoms with E-state index in [1.807, 2.05) is 0 Å². The van der Waals surface area contributed by atoms with Crippen molar-refractivity contribution in [3.05, 3.63) is 28.8 Å². The number of nitrogens with zero attached hydrogens (tertiary/aromatic N) is 1. The molecule has 1 amide bonds. The van der Waals surface area contributed by atoms with Gasteiger partial charge in [0, 0.05) is 12.2 Å². The van der Waals surface area contributed by atoms with E-state index in [4.69, 9.17) is 22.1 Å². The molecule has 0 saturated carbocycles. The Bertz CT molecular complexity index is 477. The van der Waals surface area contributed by atoms with Gasteiger partial charge >= 0.3 is 5.97 Å². The highest BCUT2D eigenvalue weighted by molar-refractivity contribution is 6.34. The van der Waals surface area contributed by atoms with Crippen LogP contribution in [-0.4, -0.2) is 36.5 Å². The van der Waals surface area contributed by atoms with Gasteiger partial charge in [-0.2, -0.15) is 0 Å². The minimum atomic E-state index is -0.440. The van der Waals surface area contributed by atoms with Crippen molar-refractivity contribution in [2.45, 2.75) is 13.8 Å². The van der Waals surface area contributed by atoms with E-state index >= 15 is 0 Å². The van der Waals surface area contributed by atoms with Gasteiger partial charge in [-0.25, -0.2) is 0 Å². The van der Waals surface area contributed by atoms with E-state index in [2.05, 4.69) is 0 Å². The van der Waals surface area contributed by atoms with Crippen molar-refractivity contribution in [1.29, 1.82) is 0 Å². The molecule has 0 aliphatic carbocycles. The minimum Gasteiger partial charge on any atom is -0.465 e. The molecule has 0 unspecified atom stereocenters. The molecule has 0 aliphatic rings. The normalized spacial score (nSPS) is 10.1. The monoisotopic (exact) mass is 284 g/mol. The van der Waals surface area contributed by atoms with Crippen molar-refractivity contribution in [1.82, 2.24) is 4.90 Å². The number of carbonyl (C=O) groups excluding carboxylic acids is 2. The summed E-state index contributed by atoms with van der Waals surface area (Å²) in [6.07, 6.45) is 0. The molecule has 104 valence electrons. The summed E-state index contributed by atoms with van der Waals surface area (Å²) in [5.41, 5.74) is 6.38. The second-order valence-corrected chi connectivity index (χ2v) is 4.27. The lowest BCUT2D eigenvalue weighted by atomic mass is 10.2. The number of nitrogens with two attached hydrogens (primary N) is 1. The number of carbonyl (C=O) groups is 2. The molecule has 0 bridgehead atoms. The van der Waals surface area contributed by atoms with E-state index in [0.29, 0.717) is 17.8 Å². The molecule has 0 radical (unpaired) electrons. The number of nitrogen functional groups attached to an aromatic ring is 1. The minimum absolute atomic E-state index is 0.0934. The molecule has 6 heteroatoms. The first kappa shape index (κ1) is 15.3. The maximum atomic E-state index is 12.2. The summed E-state index contributed by atoms with van der Waals surface area (Å²) in [5, 5.41) is 0.271. The summed E-state index contributed by atoms with van der Waals surface area (Å²) in [6, 6.07) is 4.65. The van der Waals surface area contributed by atoms with Gasteiger partial charge in [0.2, 0.25) is 0 Å². The molecule has 1 aromatic carbocycles. The Labute approximate surface area is 117 Å². The summed E-state index contributed by atoms with van der Waals surface area (Å²) in [7, 11) is 0. The number of ether oxygens (including phenoxy) is 1. The van der Waals surface area contributed by atoms with E-state index in [1.165, 1.54) is 11.0 Å². The molecule has 1 aromatic rings. The molecule has 1 rings (SSSR count). The van der Waals surface area contributed by atoms with Gasteiger partial charge in [-0.15, -0.1) is 0 Å². The van der Waals surface area contributed by atoms with Gasteiger partial charge in [-0.3, -0.25) is 9.59 Å². The number of hydrogen-bond donors (Lipinski definition) is 1. The van der Waals surface area contributed by atoms with E-state index < -0.39 is 5.97 Å². The molecule has 2 N–H and O–H groups in total. The Morgan fingerprint density at radius 2 is 2.05 bits per heavy atom. The number of benzene rings is 1. The van der Waals surface area contributed by atoms with Crippen molar-refractivity contribution in [3.8, 4) is 0 Å². The second-order valence-electron chi connectivity index (χ2n) is 3.86. The van der Waals surface area contributed by atoms with Crippen LogP contribution in [0.5, 0.6) is 0 Å². The molecular formula is C13H17ClN2O3. The lowest BCUT2D eigenvalue weighted by molar-refractivity contribution is -0.143. The van der Waals surface area contributed by atoms with Gasteiger partial charge < -0.3 is 15.4 Å². The van der Waals surface area contributed by atoms with Crippen LogP contribution in [0.1, 0.15) is 24.2 Å². The predicted octanol–water partition coefficient (Wildman–Crippen LogP) is 1.95. The van der Waals surface area contributed by atoms with E-state index in [-0.39, 0.29) is 24.1 Å². The maximum absolute atomic E-state index is 12.2. The molecule has 0 fully saturated rings. The number of hydrogen-bond acceptors (Lipinski definition) is 4. The Morgan fingerprint density at radius 1 is 1.37 bits per heavy atom. The molecule has 0 atom stereocenters. The van der Waals surface area contributed by atoms with Crippen molar-refractivity contribution in [2.75, 3.05) is 25.4 Å². The van der Waals surface area contributed by atoms with Crippen LogP contribution >= 0.6 is 11.6 Å². The zero-order valence-electron chi connectivity index (χ0n) is 11.0. The molecule has 19 heavy (non-hydrogen) atoms. The van der Waals surface area contributed by atoms with Crippen molar-refractivity contribution < 1.29 is 14.3 Å². The zero-order chi connectivity index (χ0) is 14.4. The third kappa shape index (κ3) is 4.13. The number of esters is 1. The lowest BCUT2D eigenvalue weighted by Crippen LogP contribution is -2.36. The van der Waals surface area contributed by atoms with Gasteiger partial charge in [0.15, 0.2) is 0 Å². The topological polar surface area (TPSA) is 72.6 Å². The third-order valence-electron chi connectivity index (χ3n) is 2.52. The number of rotatable bonds is 5. The first-order valence-corrected chi connectivity index (χ1v) is 6.37. The zero-order valence-corrected chi connectivity index (χ0v) is 11.7. The van der Waals surface area contributed by atoms with E-state index in [9.17, 15) is 9.59 Å². The number of anilines is 1. The van der Waals surface area contributed by atoms with Crippen LogP contribution in [0.2, 0.25) is 5.02 Å². The summed E-state index contributed by atoms with van der Waals surface area (Å²) >= 11 is 5.98. The Kier molecular flexibility index (Phi) is 5.63. The lowest BCUT2D eigenvalue weighted by Gasteiger charge is -2.20.